The van der Waals surface area contributed by atoms with E-state index >= 15 is 0 Å². The van der Waals surface area contributed by atoms with E-state index in [2.05, 4.69) is 4.98 Å². The smallest absolute Gasteiger partial charge is 0.267 e. The van der Waals surface area contributed by atoms with Crippen LogP contribution >= 0.6 is 0 Å². The third-order valence-electron chi connectivity index (χ3n) is 3.64. The summed E-state index contributed by atoms with van der Waals surface area (Å²) in [6.45, 7) is -0.292. The number of rotatable bonds is 6. The summed E-state index contributed by atoms with van der Waals surface area (Å²) in [7, 11) is -3.90. The fourth-order valence-corrected chi connectivity index (χ4v) is 2.78. The fourth-order valence-electron chi connectivity index (χ4n) is 2.33. The largest absolute Gasteiger partial charge is 0.489 e. The lowest BCUT2D eigenvalue weighted by molar-refractivity contribution is 0.0977. The molecule has 0 atom stereocenters. The molecule has 0 aliphatic heterocycles. The van der Waals surface area contributed by atoms with Crippen molar-refractivity contribution in [2.45, 2.75) is 6.61 Å². The van der Waals surface area contributed by atoms with Crippen LogP contribution in [0.3, 0.4) is 0 Å². The van der Waals surface area contributed by atoms with Crippen LogP contribution in [0.2, 0.25) is 0 Å². The molecule has 0 fully saturated rings. The van der Waals surface area contributed by atoms with Gasteiger partial charge in [-0.25, -0.2) is 26.9 Å². The minimum absolute atomic E-state index is 0.131. The van der Waals surface area contributed by atoms with Gasteiger partial charge in [-0.15, -0.1) is 0 Å². The number of aromatic nitrogens is 1. The van der Waals surface area contributed by atoms with Gasteiger partial charge in [0.1, 0.15) is 35.9 Å². The molecule has 146 valence electrons. The van der Waals surface area contributed by atoms with E-state index in [1.165, 1.54) is 12.7 Å². The Hall–Kier alpha value is -3.27. The first-order chi connectivity index (χ1) is 13.2. The quantitative estimate of drug-likeness (QED) is 0.674. The summed E-state index contributed by atoms with van der Waals surface area (Å²) in [6.07, 6.45) is 3.52. The Balaban J connectivity index is 1.71. The highest BCUT2D eigenvalue weighted by Gasteiger charge is 2.19. The third kappa shape index (κ3) is 4.71. The first-order valence-corrected chi connectivity index (χ1v) is 9.73. The number of oxazole rings is 1. The summed E-state index contributed by atoms with van der Waals surface area (Å²) < 4.78 is 62.3. The van der Waals surface area contributed by atoms with Crippen LogP contribution in [0.5, 0.6) is 5.75 Å². The van der Waals surface area contributed by atoms with Gasteiger partial charge < -0.3 is 9.15 Å². The summed E-state index contributed by atoms with van der Waals surface area (Å²) in [5.74, 6) is -2.82. The molecule has 2 aromatic carbocycles. The summed E-state index contributed by atoms with van der Waals surface area (Å²) in [6, 6.07) is 8.13. The molecule has 0 saturated carbocycles. The molecule has 1 amide bonds. The molecule has 3 aromatic rings. The van der Waals surface area contributed by atoms with Crippen molar-refractivity contribution in [3.8, 4) is 17.0 Å². The van der Waals surface area contributed by atoms with Crippen molar-refractivity contribution in [1.82, 2.24) is 9.71 Å². The Morgan fingerprint density at radius 2 is 1.89 bits per heavy atom. The van der Waals surface area contributed by atoms with Crippen molar-refractivity contribution in [3.05, 3.63) is 71.8 Å². The van der Waals surface area contributed by atoms with Crippen LogP contribution in [0.25, 0.3) is 11.3 Å². The number of amides is 1. The molecule has 28 heavy (non-hydrogen) atoms. The van der Waals surface area contributed by atoms with E-state index in [1.54, 1.807) is 29.0 Å². The van der Waals surface area contributed by atoms with Gasteiger partial charge in [0.2, 0.25) is 10.0 Å². The van der Waals surface area contributed by atoms with Crippen LogP contribution in [-0.2, 0) is 16.6 Å². The van der Waals surface area contributed by atoms with E-state index in [0.717, 1.165) is 17.9 Å². The normalized spacial score (nSPS) is 11.2. The lowest BCUT2D eigenvalue weighted by Crippen LogP contribution is -2.30. The molecular formula is C18H14F2N2O5S. The molecule has 1 aromatic heterocycles. The van der Waals surface area contributed by atoms with Gasteiger partial charge in [-0.05, 0) is 36.4 Å². The van der Waals surface area contributed by atoms with E-state index in [0.29, 0.717) is 17.5 Å². The van der Waals surface area contributed by atoms with Crippen LogP contribution in [0.4, 0.5) is 8.78 Å². The second-order valence-corrected chi connectivity index (χ2v) is 7.56. The van der Waals surface area contributed by atoms with Gasteiger partial charge >= 0.3 is 0 Å². The number of carbonyl (C=O) groups is 1. The fraction of sp³-hybridized carbons (Fsp3) is 0.111. The Labute approximate surface area is 159 Å². The predicted molar refractivity (Wildman–Crippen MR) is 94.9 cm³/mol. The zero-order valence-corrected chi connectivity index (χ0v) is 15.3. The number of hydrogen-bond donors (Lipinski definition) is 1. The van der Waals surface area contributed by atoms with Crippen LogP contribution in [0.15, 0.2) is 53.5 Å². The average Bonchev–Trinajstić information content (AvgIpc) is 3.15. The molecule has 0 saturated heterocycles. The minimum atomic E-state index is -3.90. The van der Waals surface area contributed by atoms with Crippen molar-refractivity contribution < 1.29 is 31.1 Å². The van der Waals surface area contributed by atoms with Crippen molar-refractivity contribution in [3.63, 3.8) is 0 Å². The Morgan fingerprint density at radius 1 is 1.18 bits per heavy atom. The van der Waals surface area contributed by atoms with Gasteiger partial charge in [0.05, 0.1) is 11.8 Å². The molecule has 0 unspecified atom stereocenters. The maximum atomic E-state index is 14.2. The molecule has 0 radical (unpaired) electrons. The van der Waals surface area contributed by atoms with Gasteiger partial charge in [-0.1, -0.05) is 0 Å². The predicted octanol–water partition coefficient (Wildman–Crippen LogP) is 2.89. The molecule has 0 aliphatic carbocycles. The lowest BCUT2D eigenvalue weighted by atomic mass is 10.1. The maximum absolute atomic E-state index is 14.2. The van der Waals surface area contributed by atoms with Gasteiger partial charge in [-0.2, -0.15) is 0 Å². The number of carbonyl (C=O) groups excluding carboxylic acids is 1. The van der Waals surface area contributed by atoms with Crippen molar-refractivity contribution >= 4 is 15.9 Å². The number of nitrogens with one attached hydrogen (secondary N) is 1. The van der Waals surface area contributed by atoms with Crippen molar-refractivity contribution in [1.29, 1.82) is 0 Å². The van der Waals surface area contributed by atoms with E-state index in [4.69, 9.17) is 9.15 Å². The van der Waals surface area contributed by atoms with Crippen LogP contribution < -0.4 is 9.46 Å². The standard InChI is InChI=1S/C18H14F2N2O5S/c1-28(24,25)22-18(23)14-7-15(19)12(6-16(14)20)8-27-13-4-2-11(3-5-13)17-9-26-10-21-17/h2-7,9-10H,8H2,1H3,(H,22,23). The number of benzene rings is 2. The first kappa shape index (κ1) is 19.5. The molecule has 10 heteroatoms. The second-order valence-electron chi connectivity index (χ2n) is 5.81. The summed E-state index contributed by atoms with van der Waals surface area (Å²) in [5.41, 5.74) is 0.583. The van der Waals surface area contributed by atoms with E-state index in [1.807, 2.05) is 0 Å². The number of ether oxygens (including phenoxy) is 1. The van der Waals surface area contributed by atoms with Gasteiger partial charge in [-0.3, -0.25) is 4.79 Å². The highest BCUT2D eigenvalue weighted by molar-refractivity contribution is 7.89. The number of halogens is 2. The van der Waals surface area contributed by atoms with Crippen molar-refractivity contribution in [2.75, 3.05) is 6.26 Å². The molecule has 7 nitrogen and oxygen atoms in total. The molecule has 3 rings (SSSR count). The van der Waals surface area contributed by atoms with Crippen LogP contribution in [0, 0.1) is 11.6 Å². The molecule has 1 N–H and O–H groups in total. The molecule has 1 heterocycles. The SMILES string of the molecule is CS(=O)(=O)NC(=O)c1cc(F)c(COc2ccc(-c3cocn3)cc2)cc1F. The highest BCUT2D eigenvalue weighted by Crippen LogP contribution is 2.22. The number of hydrogen-bond acceptors (Lipinski definition) is 6. The van der Waals surface area contributed by atoms with E-state index in [9.17, 15) is 22.0 Å². The molecule has 0 spiro atoms. The third-order valence-corrected chi connectivity index (χ3v) is 4.19. The highest BCUT2D eigenvalue weighted by atomic mass is 32.2. The number of nitrogens with zero attached hydrogens (tertiary/aromatic N) is 1. The van der Waals surface area contributed by atoms with Crippen molar-refractivity contribution in [2.24, 2.45) is 0 Å². The second kappa shape index (κ2) is 7.77. The number of sulfonamides is 1. The first-order valence-electron chi connectivity index (χ1n) is 7.84. The zero-order chi connectivity index (χ0) is 20.3. The Morgan fingerprint density at radius 3 is 2.50 bits per heavy atom. The maximum Gasteiger partial charge on any atom is 0.267 e. The van der Waals surface area contributed by atoms with Crippen LogP contribution in [0.1, 0.15) is 15.9 Å². The van der Waals surface area contributed by atoms with Gasteiger partial charge in [0, 0.05) is 11.1 Å². The molecule has 0 bridgehead atoms. The lowest BCUT2D eigenvalue weighted by Gasteiger charge is -2.10. The van der Waals surface area contributed by atoms with E-state index < -0.39 is 33.1 Å². The summed E-state index contributed by atoms with van der Waals surface area (Å²) >= 11 is 0. The zero-order valence-electron chi connectivity index (χ0n) is 14.5. The Kier molecular flexibility index (Phi) is 5.41. The minimum Gasteiger partial charge on any atom is -0.489 e. The average molecular weight is 408 g/mol. The van der Waals surface area contributed by atoms with Gasteiger partial charge in [0.25, 0.3) is 5.91 Å². The summed E-state index contributed by atoms with van der Waals surface area (Å²) in [5, 5.41) is 0. The summed E-state index contributed by atoms with van der Waals surface area (Å²) in [4.78, 5) is 15.7. The Bertz CT molecular complexity index is 1100. The molecular weight excluding hydrogens is 394 g/mol. The topological polar surface area (TPSA) is 98.5 Å². The monoisotopic (exact) mass is 408 g/mol. The van der Waals surface area contributed by atoms with Gasteiger partial charge in [0.15, 0.2) is 6.39 Å². The van der Waals surface area contributed by atoms with E-state index in [-0.39, 0.29) is 12.2 Å². The molecule has 0 aliphatic rings. The van der Waals surface area contributed by atoms with Crippen LogP contribution in [-0.4, -0.2) is 25.6 Å².